The molecular formula is C33H47BF3N. The van der Waals surface area contributed by atoms with Crippen molar-refractivity contribution in [1.82, 2.24) is 0 Å². The van der Waals surface area contributed by atoms with E-state index in [-0.39, 0.29) is 10.8 Å². The molecular weight excluding hydrogens is 478 g/mol. The third-order valence-corrected chi connectivity index (χ3v) is 6.28. The topological polar surface area (TPSA) is 3.24 Å². The van der Waals surface area contributed by atoms with Gasteiger partial charge in [-0.1, -0.05) is 120 Å². The summed E-state index contributed by atoms with van der Waals surface area (Å²) in [7, 11) is 0.488. The molecule has 208 valence electrons. The lowest BCUT2D eigenvalue weighted by molar-refractivity contribution is 0.531. The summed E-state index contributed by atoms with van der Waals surface area (Å²) in [6.45, 7) is 16.2. The highest BCUT2D eigenvalue weighted by Gasteiger charge is 2.37. The lowest BCUT2D eigenvalue weighted by Crippen LogP contribution is -2.22. The average molecular weight is 526 g/mol. The van der Waals surface area contributed by atoms with Gasteiger partial charge in [-0.2, -0.15) is 0 Å². The van der Waals surface area contributed by atoms with Crippen LogP contribution in [0, 0.1) is 6.92 Å². The zero-order valence-corrected chi connectivity index (χ0v) is 25.0. The first-order valence-corrected chi connectivity index (χ1v) is 13.2. The predicted octanol–water partition coefficient (Wildman–Crippen LogP) is 10.3. The number of hydrogen-bond donors (Lipinski definition) is 0. The number of rotatable bonds is 6. The van der Waals surface area contributed by atoms with Crippen molar-refractivity contribution in [3.63, 3.8) is 0 Å². The van der Waals surface area contributed by atoms with Crippen LogP contribution in [0.1, 0.15) is 64.7 Å². The van der Waals surface area contributed by atoms with Gasteiger partial charge in [0.05, 0.1) is 7.18 Å². The van der Waals surface area contributed by atoms with Gasteiger partial charge in [-0.3, -0.25) is 13.0 Å². The maximum atomic E-state index is 10.3. The molecule has 5 heteroatoms. The molecule has 0 saturated carbocycles. The molecule has 0 aliphatic carbocycles. The van der Waals surface area contributed by atoms with E-state index >= 15 is 0 Å². The van der Waals surface area contributed by atoms with Gasteiger partial charge in [-0.15, -0.1) is 0 Å². The smallest absolute Gasteiger partial charge is 0.347 e. The standard InChI is InChI=1S/C29H35N.C2H6.CH3BF2.CH3F/c1-23-17-12-13-18-24(23)28(2,3)22-16-10-8-7-9-11-21-27-29(4,5)25-19-14-15-20-26(25)30(27)6;1-2;1-2(3)4;1-2/h7-21H,22H2,1-6H3;1-2H3;1H3;1H3/b8-7+,11-9+,16-10+,27-21-;;;. The monoisotopic (exact) mass is 525 g/mol. The van der Waals surface area contributed by atoms with Crippen molar-refractivity contribution in [2.75, 3.05) is 19.1 Å². The number of fused-ring (bicyclic) bond motifs is 1. The van der Waals surface area contributed by atoms with E-state index < -0.39 is 7.27 Å². The minimum Gasteiger partial charge on any atom is -0.347 e. The predicted molar refractivity (Wildman–Crippen MR) is 164 cm³/mol. The normalized spacial score (nSPS) is 15.0. The summed E-state index contributed by atoms with van der Waals surface area (Å²) < 4.78 is 30.2. The summed E-state index contributed by atoms with van der Waals surface area (Å²) in [5.74, 6) is 0. The van der Waals surface area contributed by atoms with E-state index in [0.29, 0.717) is 7.18 Å². The van der Waals surface area contributed by atoms with Crippen molar-refractivity contribution in [3.05, 3.63) is 113 Å². The number of likely N-dealkylation sites (N-methyl/N-ethyl adjacent to an activating group) is 1. The van der Waals surface area contributed by atoms with Crippen LogP contribution < -0.4 is 4.90 Å². The van der Waals surface area contributed by atoms with Gasteiger partial charge in [0.15, 0.2) is 0 Å². The van der Waals surface area contributed by atoms with Gasteiger partial charge >= 0.3 is 7.27 Å². The SMILES string of the molecule is CB(F)F.CC.CF.Cc1ccccc1C(C)(C)C/C=C/C=C/C=C/C=C1\N(C)c2ccccc2C1(C)C. The summed E-state index contributed by atoms with van der Waals surface area (Å²) in [5, 5.41) is 0. The van der Waals surface area contributed by atoms with E-state index in [1.807, 2.05) is 13.8 Å². The Hall–Kier alpha value is -2.95. The molecule has 0 radical (unpaired) electrons. The van der Waals surface area contributed by atoms with E-state index in [4.69, 9.17) is 0 Å². The third-order valence-electron chi connectivity index (χ3n) is 6.28. The molecule has 0 bridgehead atoms. The fraction of sp³-hybridized carbons (Fsp3) is 0.394. The lowest BCUT2D eigenvalue weighted by atomic mass is 9.79. The zero-order chi connectivity index (χ0) is 29.4. The summed E-state index contributed by atoms with van der Waals surface area (Å²) >= 11 is 0. The number of hydrogen-bond acceptors (Lipinski definition) is 1. The molecule has 0 amide bonds. The van der Waals surface area contributed by atoms with Crippen LogP contribution in [0.3, 0.4) is 0 Å². The minimum atomic E-state index is -2.17. The van der Waals surface area contributed by atoms with Crippen molar-refractivity contribution in [2.24, 2.45) is 0 Å². The molecule has 0 aromatic heterocycles. The largest absolute Gasteiger partial charge is 0.535 e. The molecule has 0 saturated heterocycles. The quantitative estimate of drug-likeness (QED) is 0.268. The molecule has 0 N–H and O–H groups in total. The molecule has 38 heavy (non-hydrogen) atoms. The molecule has 0 atom stereocenters. The van der Waals surface area contributed by atoms with Crippen LogP contribution in [-0.2, 0) is 10.8 Å². The molecule has 0 unspecified atom stereocenters. The molecule has 1 aliphatic heterocycles. The molecule has 2 aromatic rings. The maximum Gasteiger partial charge on any atom is 0.535 e. The van der Waals surface area contributed by atoms with E-state index in [2.05, 4.69) is 138 Å². The fourth-order valence-corrected chi connectivity index (χ4v) is 4.52. The Kier molecular flexibility index (Phi) is 16.2. The second-order valence-corrected chi connectivity index (χ2v) is 9.87. The second kappa shape index (κ2) is 17.5. The van der Waals surface area contributed by atoms with E-state index in [1.165, 1.54) is 28.1 Å². The number of halogens is 3. The van der Waals surface area contributed by atoms with Crippen LogP contribution in [0.4, 0.5) is 18.7 Å². The van der Waals surface area contributed by atoms with Crippen molar-refractivity contribution in [1.29, 1.82) is 0 Å². The molecule has 1 heterocycles. The highest BCUT2D eigenvalue weighted by Crippen LogP contribution is 2.46. The molecule has 1 aliphatic rings. The summed E-state index contributed by atoms with van der Waals surface area (Å²) in [4.78, 5) is 2.30. The van der Waals surface area contributed by atoms with Crippen LogP contribution in [0.2, 0.25) is 6.82 Å². The van der Waals surface area contributed by atoms with Crippen molar-refractivity contribution < 1.29 is 13.0 Å². The highest BCUT2D eigenvalue weighted by molar-refractivity contribution is 6.40. The molecule has 0 spiro atoms. The Morgan fingerprint density at radius 1 is 0.868 bits per heavy atom. The van der Waals surface area contributed by atoms with Crippen molar-refractivity contribution >= 4 is 13.0 Å². The lowest BCUT2D eigenvalue weighted by Gasteiger charge is -2.25. The van der Waals surface area contributed by atoms with Gasteiger partial charge in [0, 0.05) is 23.8 Å². The molecule has 2 aromatic carbocycles. The number of allylic oxidation sites excluding steroid dienone is 8. The van der Waals surface area contributed by atoms with Gasteiger partial charge in [0.1, 0.15) is 0 Å². The number of benzene rings is 2. The third kappa shape index (κ3) is 10.4. The van der Waals surface area contributed by atoms with Crippen LogP contribution in [-0.4, -0.2) is 21.5 Å². The summed E-state index contributed by atoms with van der Waals surface area (Å²) in [6, 6.07) is 17.4. The number of anilines is 1. The highest BCUT2D eigenvalue weighted by atomic mass is 19.2. The van der Waals surface area contributed by atoms with Gasteiger partial charge < -0.3 is 4.90 Å². The average Bonchev–Trinajstić information content (AvgIpc) is 3.08. The van der Waals surface area contributed by atoms with Gasteiger partial charge in [-0.05, 0) is 54.4 Å². The van der Waals surface area contributed by atoms with Crippen molar-refractivity contribution in [2.45, 2.75) is 72.5 Å². The number of para-hydroxylation sites is 1. The summed E-state index contributed by atoms with van der Waals surface area (Å²) in [6.07, 6.45) is 16.1. The van der Waals surface area contributed by atoms with Crippen LogP contribution in [0.15, 0.2) is 96.8 Å². The Labute approximate surface area is 231 Å². The van der Waals surface area contributed by atoms with Gasteiger partial charge in [-0.25, -0.2) is 0 Å². The number of aryl methyl sites for hydroxylation is 1. The number of nitrogens with zero attached hydrogens (tertiary/aromatic N) is 1. The zero-order valence-electron chi connectivity index (χ0n) is 25.0. The van der Waals surface area contributed by atoms with Gasteiger partial charge in [0.25, 0.3) is 0 Å². The first kappa shape index (κ1) is 35.1. The summed E-state index contributed by atoms with van der Waals surface area (Å²) in [5.41, 5.74) is 6.98. The maximum absolute atomic E-state index is 10.3. The molecule has 1 nitrogen and oxygen atoms in total. The van der Waals surface area contributed by atoms with E-state index in [1.54, 1.807) is 0 Å². The Balaban J connectivity index is 0.00000153. The van der Waals surface area contributed by atoms with Crippen LogP contribution in [0.25, 0.3) is 0 Å². The Morgan fingerprint density at radius 2 is 1.37 bits per heavy atom. The van der Waals surface area contributed by atoms with Gasteiger partial charge in [0.2, 0.25) is 0 Å². The van der Waals surface area contributed by atoms with Crippen LogP contribution in [0.5, 0.6) is 0 Å². The van der Waals surface area contributed by atoms with Crippen molar-refractivity contribution in [3.8, 4) is 0 Å². The van der Waals surface area contributed by atoms with E-state index in [9.17, 15) is 13.0 Å². The first-order chi connectivity index (χ1) is 18.0. The molecule has 0 fully saturated rings. The minimum absolute atomic E-state index is 0.0282. The number of alkyl halides is 1. The fourth-order valence-electron chi connectivity index (χ4n) is 4.52. The van der Waals surface area contributed by atoms with E-state index in [0.717, 1.165) is 13.2 Å². The first-order valence-electron chi connectivity index (χ1n) is 13.2. The Morgan fingerprint density at radius 3 is 1.95 bits per heavy atom. The van der Waals surface area contributed by atoms with Crippen LogP contribution >= 0.6 is 0 Å². The Bertz CT molecular complexity index is 1060. The molecule has 3 rings (SSSR count). The second-order valence-electron chi connectivity index (χ2n) is 9.87.